The van der Waals surface area contributed by atoms with E-state index in [2.05, 4.69) is 15.6 Å². The van der Waals surface area contributed by atoms with E-state index < -0.39 is 0 Å². The summed E-state index contributed by atoms with van der Waals surface area (Å²) in [5.74, 6) is -0.714. The molecule has 1 N–H and O–H groups in total. The molecule has 1 aromatic heterocycles. The van der Waals surface area contributed by atoms with Gasteiger partial charge in [-0.2, -0.15) is 0 Å². The second-order valence-electron chi connectivity index (χ2n) is 5.41. The lowest BCUT2D eigenvalue weighted by molar-refractivity contribution is -0.122. The third-order valence-corrected chi connectivity index (χ3v) is 3.67. The number of carbonyl (C=O) groups is 1. The molecule has 0 bridgehead atoms. The van der Waals surface area contributed by atoms with Gasteiger partial charge in [-0.25, -0.2) is 9.07 Å². The molecule has 0 saturated heterocycles. The number of carbonyl (C=O) groups excluding carboxylic acids is 1. The molecule has 0 unspecified atom stereocenters. The normalized spacial score (nSPS) is 12.1. The number of rotatable bonds is 4. The molecule has 0 aliphatic heterocycles. The highest BCUT2D eigenvalue weighted by Crippen LogP contribution is 2.12. The van der Waals surface area contributed by atoms with Crippen LogP contribution in [0.15, 0.2) is 53.3 Å². The number of aromatic nitrogens is 3. The average molecular weight is 326 g/mol. The van der Waals surface area contributed by atoms with E-state index >= 15 is 0 Å². The van der Waals surface area contributed by atoms with Crippen LogP contribution in [-0.4, -0.2) is 20.9 Å². The topological polar surface area (TPSA) is 76.9 Å². The molecule has 0 radical (unpaired) electrons. The molecule has 2 aromatic carbocycles. The number of hydrogen-bond acceptors (Lipinski definition) is 4. The molecule has 3 rings (SSSR count). The van der Waals surface area contributed by atoms with Crippen LogP contribution in [0.2, 0.25) is 0 Å². The van der Waals surface area contributed by atoms with E-state index in [1.54, 1.807) is 43.3 Å². The molecule has 0 fully saturated rings. The zero-order valence-electron chi connectivity index (χ0n) is 12.9. The number of benzene rings is 2. The SMILES string of the molecule is C[C@H](NC(=O)Cn1nnc2ccccc2c1=O)c1ccc(F)cc1. The van der Waals surface area contributed by atoms with Crippen LogP contribution in [0.5, 0.6) is 0 Å². The van der Waals surface area contributed by atoms with Gasteiger partial charge in [0, 0.05) is 0 Å². The number of hydrogen-bond donors (Lipinski definition) is 1. The molecular formula is C17H15FN4O2. The zero-order valence-corrected chi connectivity index (χ0v) is 12.9. The highest BCUT2D eigenvalue weighted by Gasteiger charge is 2.13. The Kier molecular flexibility index (Phi) is 4.33. The highest BCUT2D eigenvalue weighted by molar-refractivity contribution is 5.78. The van der Waals surface area contributed by atoms with Gasteiger partial charge in [-0.15, -0.1) is 5.10 Å². The highest BCUT2D eigenvalue weighted by atomic mass is 19.1. The van der Waals surface area contributed by atoms with Crippen LogP contribution in [0.1, 0.15) is 18.5 Å². The summed E-state index contributed by atoms with van der Waals surface area (Å²) in [5, 5.41) is 10.9. The van der Waals surface area contributed by atoms with Gasteiger partial charge in [0.05, 0.1) is 11.4 Å². The summed E-state index contributed by atoms with van der Waals surface area (Å²) < 4.78 is 14.0. The maximum atomic E-state index is 12.9. The molecule has 1 atom stereocenters. The maximum Gasteiger partial charge on any atom is 0.278 e. The summed E-state index contributed by atoms with van der Waals surface area (Å²) in [6.07, 6.45) is 0. The molecule has 6 nitrogen and oxygen atoms in total. The Balaban J connectivity index is 1.74. The van der Waals surface area contributed by atoms with E-state index in [0.29, 0.717) is 10.9 Å². The number of nitrogens with zero attached hydrogens (tertiary/aromatic N) is 3. The molecule has 0 aliphatic rings. The van der Waals surface area contributed by atoms with Crippen molar-refractivity contribution in [3.63, 3.8) is 0 Å². The number of nitrogens with one attached hydrogen (secondary N) is 1. The van der Waals surface area contributed by atoms with Gasteiger partial charge >= 0.3 is 0 Å². The largest absolute Gasteiger partial charge is 0.348 e. The first kappa shape index (κ1) is 15.8. The third kappa shape index (κ3) is 3.29. The molecule has 3 aromatic rings. The van der Waals surface area contributed by atoms with Crippen LogP contribution >= 0.6 is 0 Å². The summed E-state index contributed by atoms with van der Waals surface area (Å²) >= 11 is 0. The monoisotopic (exact) mass is 326 g/mol. The van der Waals surface area contributed by atoms with Gasteiger partial charge in [-0.05, 0) is 36.8 Å². The fourth-order valence-electron chi connectivity index (χ4n) is 2.38. The van der Waals surface area contributed by atoms with E-state index in [1.807, 2.05) is 0 Å². The van der Waals surface area contributed by atoms with Gasteiger partial charge in [0.1, 0.15) is 17.9 Å². The van der Waals surface area contributed by atoms with Crippen molar-refractivity contribution in [1.29, 1.82) is 0 Å². The summed E-state index contributed by atoms with van der Waals surface area (Å²) in [5.41, 5.74) is 0.880. The lowest BCUT2D eigenvalue weighted by atomic mass is 10.1. The molecule has 0 spiro atoms. The summed E-state index contributed by atoms with van der Waals surface area (Å²) in [6.45, 7) is 1.54. The molecule has 122 valence electrons. The van der Waals surface area contributed by atoms with E-state index in [-0.39, 0.29) is 29.9 Å². The first-order chi connectivity index (χ1) is 11.5. The van der Waals surface area contributed by atoms with Crippen molar-refractivity contribution in [2.24, 2.45) is 0 Å². The van der Waals surface area contributed by atoms with Crippen molar-refractivity contribution in [3.8, 4) is 0 Å². The third-order valence-electron chi connectivity index (χ3n) is 3.67. The standard InChI is InChI=1S/C17H15FN4O2/c1-11(12-6-8-13(18)9-7-12)19-16(23)10-22-17(24)14-4-2-3-5-15(14)20-21-22/h2-9,11H,10H2,1H3,(H,19,23)/t11-/m0/s1. The molecule has 0 aliphatic carbocycles. The Bertz CT molecular complexity index is 937. The van der Waals surface area contributed by atoms with Crippen molar-refractivity contribution >= 4 is 16.8 Å². The van der Waals surface area contributed by atoms with E-state index in [9.17, 15) is 14.0 Å². The number of amides is 1. The van der Waals surface area contributed by atoms with Gasteiger partial charge in [0.15, 0.2) is 0 Å². The minimum atomic E-state index is -0.376. The van der Waals surface area contributed by atoms with Gasteiger partial charge in [0.2, 0.25) is 5.91 Å². The fraction of sp³-hybridized carbons (Fsp3) is 0.176. The second-order valence-corrected chi connectivity index (χ2v) is 5.41. The Morgan fingerprint density at radius 1 is 1.21 bits per heavy atom. The minimum absolute atomic E-state index is 0.234. The van der Waals surface area contributed by atoms with Crippen LogP contribution in [0.4, 0.5) is 4.39 Å². The van der Waals surface area contributed by atoms with Crippen LogP contribution in [0.25, 0.3) is 10.9 Å². The zero-order chi connectivity index (χ0) is 17.1. The van der Waals surface area contributed by atoms with E-state index in [4.69, 9.17) is 0 Å². The molecular weight excluding hydrogens is 311 g/mol. The smallest absolute Gasteiger partial charge is 0.278 e. The second kappa shape index (κ2) is 6.57. The molecule has 1 heterocycles. The lowest BCUT2D eigenvalue weighted by Gasteiger charge is -2.14. The van der Waals surface area contributed by atoms with Gasteiger partial charge in [-0.1, -0.05) is 29.5 Å². The quantitative estimate of drug-likeness (QED) is 0.793. The van der Waals surface area contributed by atoms with E-state index in [0.717, 1.165) is 10.2 Å². The van der Waals surface area contributed by atoms with Crippen LogP contribution < -0.4 is 10.9 Å². The average Bonchev–Trinajstić information content (AvgIpc) is 2.58. The van der Waals surface area contributed by atoms with Crippen molar-refractivity contribution in [1.82, 2.24) is 20.3 Å². The first-order valence-electron chi connectivity index (χ1n) is 7.42. The predicted octanol–water partition coefficient (Wildman–Crippen LogP) is 1.81. The van der Waals surface area contributed by atoms with Gasteiger partial charge in [-0.3, -0.25) is 9.59 Å². The Labute approximate surface area is 136 Å². The Morgan fingerprint density at radius 2 is 1.92 bits per heavy atom. The molecule has 1 amide bonds. The predicted molar refractivity (Wildman–Crippen MR) is 86.8 cm³/mol. The van der Waals surface area contributed by atoms with Gasteiger partial charge < -0.3 is 5.32 Å². The molecule has 0 saturated carbocycles. The van der Waals surface area contributed by atoms with Crippen molar-refractivity contribution < 1.29 is 9.18 Å². The van der Waals surface area contributed by atoms with Crippen LogP contribution in [-0.2, 0) is 11.3 Å². The van der Waals surface area contributed by atoms with E-state index in [1.165, 1.54) is 12.1 Å². The summed E-state index contributed by atoms with van der Waals surface area (Å²) in [7, 11) is 0. The van der Waals surface area contributed by atoms with Crippen LogP contribution in [0.3, 0.4) is 0 Å². The van der Waals surface area contributed by atoms with Gasteiger partial charge in [0.25, 0.3) is 5.56 Å². The number of halogens is 1. The van der Waals surface area contributed by atoms with Crippen molar-refractivity contribution in [2.45, 2.75) is 19.5 Å². The first-order valence-corrected chi connectivity index (χ1v) is 7.42. The fourth-order valence-corrected chi connectivity index (χ4v) is 2.38. The molecule has 7 heteroatoms. The maximum absolute atomic E-state index is 12.9. The van der Waals surface area contributed by atoms with Crippen molar-refractivity contribution in [2.75, 3.05) is 0 Å². The Morgan fingerprint density at radius 3 is 2.67 bits per heavy atom. The minimum Gasteiger partial charge on any atom is -0.348 e. The lowest BCUT2D eigenvalue weighted by Crippen LogP contribution is -2.35. The molecule has 24 heavy (non-hydrogen) atoms. The summed E-state index contributed by atoms with van der Waals surface area (Å²) in [4.78, 5) is 24.4. The van der Waals surface area contributed by atoms with Crippen molar-refractivity contribution in [3.05, 3.63) is 70.3 Å². The Hall–Kier alpha value is -3.09. The number of fused-ring (bicyclic) bond motifs is 1. The summed E-state index contributed by atoms with van der Waals surface area (Å²) in [6, 6.07) is 12.4. The van der Waals surface area contributed by atoms with Crippen LogP contribution in [0, 0.1) is 5.82 Å².